The summed E-state index contributed by atoms with van der Waals surface area (Å²) in [5.74, 6) is 2.53. The normalized spacial score (nSPS) is 14.6. The van der Waals surface area contributed by atoms with Crippen LogP contribution in [0.15, 0.2) is 52.9 Å². The zero-order valence-corrected chi connectivity index (χ0v) is 24.1. The van der Waals surface area contributed by atoms with Gasteiger partial charge in [-0.05, 0) is 61.4 Å². The Morgan fingerprint density at radius 1 is 0.951 bits per heavy atom. The number of furan rings is 1. The predicted molar refractivity (Wildman–Crippen MR) is 154 cm³/mol. The van der Waals surface area contributed by atoms with Crippen molar-refractivity contribution >= 4 is 29.2 Å². The minimum atomic E-state index is -0.372. The monoisotopic (exact) mass is 582 g/mol. The van der Waals surface area contributed by atoms with Gasteiger partial charge in [0.15, 0.2) is 11.5 Å². The smallest absolute Gasteiger partial charge is 0.322 e. The molecular formula is C30H35ClN4O6. The van der Waals surface area contributed by atoms with Gasteiger partial charge in [-0.3, -0.25) is 9.69 Å². The van der Waals surface area contributed by atoms with Gasteiger partial charge < -0.3 is 33.7 Å². The van der Waals surface area contributed by atoms with Crippen LogP contribution in [0, 0.1) is 13.8 Å². The molecule has 1 saturated heterocycles. The number of hydrogen-bond donors (Lipinski definition) is 1. The number of carbonyl (C=O) groups is 2. The summed E-state index contributed by atoms with van der Waals surface area (Å²) in [6.45, 7) is 8.25. The summed E-state index contributed by atoms with van der Waals surface area (Å²) in [6, 6.07) is 14.3. The maximum atomic E-state index is 13.9. The maximum absolute atomic E-state index is 13.9. The number of anilines is 1. The van der Waals surface area contributed by atoms with Crippen LogP contribution in [0.25, 0.3) is 0 Å². The van der Waals surface area contributed by atoms with Crippen LogP contribution in [-0.4, -0.2) is 79.4 Å². The first-order valence-corrected chi connectivity index (χ1v) is 14.1. The second-order valence-electron chi connectivity index (χ2n) is 10.2. The second kappa shape index (κ2) is 13.3. The molecule has 0 radical (unpaired) electrons. The van der Waals surface area contributed by atoms with Gasteiger partial charge in [-0.15, -0.1) is 0 Å². The van der Waals surface area contributed by atoms with Gasteiger partial charge in [0.2, 0.25) is 12.7 Å². The lowest BCUT2D eigenvalue weighted by molar-refractivity contribution is -0.133. The van der Waals surface area contributed by atoms with Gasteiger partial charge in [-0.25, -0.2) is 4.79 Å². The number of nitrogens with one attached hydrogen (secondary N) is 1. The van der Waals surface area contributed by atoms with Gasteiger partial charge in [0.1, 0.15) is 18.1 Å². The average molecular weight is 583 g/mol. The van der Waals surface area contributed by atoms with E-state index in [4.69, 9.17) is 30.2 Å². The molecule has 0 spiro atoms. The summed E-state index contributed by atoms with van der Waals surface area (Å²) in [7, 11) is 0. The fourth-order valence-corrected chi connectivity index (χ4v) is 4.91. The standard InChI is InChI=1S/C30H35ClN4O6/c1-21-3-6-24(16-26(21)31)32-30(37)34(10-9-33-11-13-38-14-12-33)19-29(36)35(18-25-7-4-22(2)41-25)17-23-5-8-27-28(15-23)40-20-39-27/h3-8,15-16H,9-14,17-20H2,1-2H3,(H,32,37). The molecular weight excluding hydrogens is 548 g/mol. The minimum Gasteiger partial charge on any atom is -0.464 e. The van der Waals surface area contributed by atoms with Crippen LogP contribution < -0.4 is 14.8 Å². The van der Waals surface area contributed by atoms with E-state index in [-0.39, 0.29) is 31.8 Å². The van der Waals surface area contributed by atoms with Crippen molar-refractivity contribution in [1.82, 2.24) is 14.7 Å². The number of carbonyl (C=O) groups excluding carboxylic acids is 2. The Bertz CT molecular complexity index is 1370. The molecule has 0 unspecified atom stereocenters. The number of urea groups is 1. The highest BCUT2D eigenvalue weighted by Gasteiger charge is 2.25. The SMILES string of the molecule is Cc1ccc(CN(Cc2ccc3c(c2)OCO3)C(=O)CN(CCN2CCOCC2)C(=O)Nc2ccc(C)c(Cl)c2)o1. The molecule has 1 aromatic heterocycles. The summed E-state index contributed by atoms with van der Waals surface area (Å²) < 4.78 is 22.2. The first-order valence-electron chi connectivity index (χ1n) is 13.7. The van der Waals surface area contributed by atoms with Crippen molar-refractivity contribution in [3.05, 3.63) is 76.2 Å². The van der Waals surface area contributed by atoms with Crippen LogP contribution in [0.2, 0.25) is 5.02 Å². The highest BCUT2D eigenvalue weighted by atomic mass is 35.5. The van der Waals surface area contributed by atoms with Crippen LogP contribution in [0.3, 0.4) is 0 Å². The molecule has 0 saturated carbocycles. The predicted octanol–water partition coefficient (Wildman–Crippen LogP) is 4.67. The Morgan fingerprint density at radius 3 is 2.51 bits per heavy atom. The third kappa shape index (κ3) is 7.72. The van der Waals surface area contributed by atoms with E-state index >= 15 is 0 Å². The molecule has 41 heavy (non-hydrogen) atoms. The van der Waals surface area contributed by atoms with Crippen molar-refractivity contribution in [2.45, 2.75) is 26.9 Å². The lowest BCUT2D eigenvalue weighted by Crippen LogP contribution is -2.48. The number of ether oxygens (including phenoxy) is 3. The highest BCUT2D eigenvalue weighted by Crippen LogP contribution is 2.33. The van der Waals surface area contributed by atoms with E-state index < -0.39 is 0 Å². The van der Waals surface area contributed by atoms with Gasteiger partial charge in [0.25, 0.3) is 0 Å². The molecule has 2 aliphatic heterocycles. The van der Waals surface area contributed by atoms with Gasteiger partial charge in [0, 0.05) is 43.4 Å². The van der Waals surface area contributed by atoms with E-state index in [1.165, 1.54) is 0 Å². The zero-order valence-electron chi connectivity index (χ0n) is 23.4. The van der Waals surface area contributed by atoms with E-state index in [9.17, 15) is 9.59 Å². The third-order valence-corrected chi connectivity index (χ3v) is 7.54. The van der Waals surface area contributed by atoms with Crippen LogP contribution in [0.5, 0.6) is 11.5 Å². The molecule has 5 rings (SSSR count). The highest BCUT2D eigenvalue weighted by molar-refractivity contribution is 6.31. The molecule has 0 aliphatic carbocycles. The van der Waals surface area contributed by atoms with E-state index in [0.29, 0.717) is 60.8 Å². The maximum Gasteiger partial charge on any atom is 0.322 e. The largest absolute Gasteiger partial charge is 0.464 e. The first-order chi connectivity index (χ1) is 19.8. The lowest BCUT2D eigenvalue weighted by atomic mass is 10.2. The van der Waals surface area contributed by atoms with Crippen LogP contribution in [0.1, 0.15) is 22.6 Å². The van der Waals surface area contributed by atoms with Gasteiger partial charge in [0.05, 0.1) is 19.8 Å². The number of aryl methyl sites for hydroxylation is 2. The Morgan fingerprint density at radius 2 is 1.76 bits per heavy atom. The van der Waals surface area contributed by atoms with E-state index in [1.54, 1.807) is 21.9 Å². The molecule has 0 atom stereocenters. The quantitative estimate of drug-likeness (QED) is 0.371. The fourth-order valence-electron chi connectivity index (χ4n) is 4.73. The summed E-state index contributed by atoms with van der Waals surface area (Å²) in [4.78, 5) is 32.8. The Balaban J connectivity index is 1.33. The molecule has 10 nitrogen and oxygen atoms in total. The van der Waals surface area contributed by atoms with E-state index in [2.05, 4.69) is 10.2 Å². The number of fused-ring (bicyclic) bond motifs is 1. The fraction of sp³-hybridized carbons (Fsp3) is 0.400. The average Bonchev–Trinajstić information content (AvgIpc) is 3.61. The van der Waals surface area contributed by atoms with Crippen molar-refractivity contribution in [3.8, 4) is 11.5 Å². The van der Waals surface area contributed by atoms with Gasteiger partial charge in [-0.2, -0.15) is 0 Å². The van der Waals surface area contributed by atoms with Crippen molar-refractivity contribution in [2.24, 2.45) is 0 Å². The molecule has 1 N–H and O–H groups in total. The topological polar surface area (TPSA) is 96.7 Å². The summed E-state index contributed by atoms with van der Waals surface area (Å²) in [5.41, 5.74) is 2.36. The Kier molecular flexibility index (Phi) is 9.33. The minimum absolute atomic E-state index is 0.111. The van der Waals surface area contributed by atoms with Gasteiger partial charge in [-0.1, -0.05) is 23.7 Å². The number of hydrogen-bond acceptors (Lipinski definition) is 7. The number of benzene rings is 2. The molecule has 3 heterocycles. The molecule has 1 fully saturated rings. The molecule has 2 aromatic carbocycles. The first kappa shape index (κ1) is 28.8. The van der Waals surface area contributed by atoms with Crippen molar-refractivity contribution in [3.63, 3.8) is 0 Å². The number of rotatable bonds is 10. The molecule has 218 valence electrons. The Hall–Kier alpha value is -3.73. The second-order valence-corrected chi connectivity index (χ2v) is 10.6. The van der Waals surface area contributed by atoms with E-state index in [0.717, 1.165) is 30.0 Å². The van der Waals surface area contributed by atoms with Crippen molar-refractivity contribution in [2.75, 3.05) is 58.0 Å². The molecule has 3 amide bonds. The van der Waals surface area contributed by atoms with Crippen molar-refractivity contribution < 1.29 is 28.2 Å². The molecule has 11 heteroatoms. The van der Waals surface area contributed by atoms with E-state index in [1.807, 2.05) is 50.2 Å². The van der Waals surface area contributed by atoms with Crippen LogP contribution >= 0.6 is 11.6 Å². The number of morpholine rings is 1. The van der Waals surface area contributed by atoms with Crippen LogP contribution in [-0.2, 0) is 22.6 Å². The summed E-state index contributed by atoms with van der Waals surface area (Å²) >= 11 is 6.29. The molecule has 2 aliphatic rings. The molecule has 3 aromatic rings. The third-order valence-electron chi connectivity index (χ3n) is 7.13. The van der Waals surface area contributed by atoms with Crippen LogP contribution in [0.4, 0.5) is 10.5 Å². The molecule has 0 bridgehead atoms. The lowest BCUT2D eigenvalue weighted by Gasteiger charge is -2.31. The number of amides is 3. The Labute approximate surface area is 244 Å². The van der Waals surface area contributed by atoms with Crippen molar-refractivity contribution in [1.29, 1.82) is 0 Å². The summed E-state index contributed by atoms with van der Waals surface area (Å²) in [5, 5.41) is 3.47. The summed E-state index contributed by atoms with van der Waals surface area (Å²) in [6.07, 6.45) is 0. The van der Waals surface area contributed by atoms with Gasteiger partial charge >= 0.3 is 6.03 Å². The number of halogens is 1. The zero-order chi connectivity index (χ0) is 28.8. The number of nitrogens with zero attached hydrogens (tertiary/aromatic N) is 3.